The summed E-state index contributed by atoms with van der Waals surface area (Å²) in [6.07, 6.45) is 7.57. The van der Waals surface area contributed by atoms with Gasteiger partial charge in [-0.05, 0) is 25.7 Å². The first-order chi connectivity index (χ1) is 6.81. The summed E-state index contributed by atoms with van der Waals surface area (Å²) in [6, 6.07) is 0. The molecular formula is C11H25N2O+. The quantitative estimate of drug-likeness (QED) is 0.539. The fourth-order valence-electron chi connectivity index (χ4n) is 1.31. The first kappa shape index (κ1) is 13.4. The largest absolute Gasteiger partial charge is 0.358 e. The molecule has 0 saturated heterocycles. The predicted octanol–water partition coefficient (Wildman–Crippen LogP) is 1.10. The minimum absolute atomic E-state index is 0.212. The molecule has 14 heavy (non-hydrogen) atoms. The number of nitrogens with one attached hydrogen (secondary N) is 1. The van der Waals surface area contributed by atoms with Crippen molar-refractivity contribution in [2.45, 2.75) is 51.9 Å². The van der Waals surface area contributed by atoms with Gasteiger partial charge in [0.2, 0.25) is 5.91 Å². The van der Waals surface area contributed by atoms with E-state index in [4.69, 9.17) is 0 Å². The van der Waals surface area contributed by atoms with Crippen LogP contribution in [0.25, 0.3) is 0 Å². The van der Waals surface area contributed by atoms with Crippen molar-refractivity contribution in [2.75, 3.05) is 13.1 Å². The standard InChI is InChI=1S/C11H24N2O/c1-2-3-8-11(14)13-10-7-5-4-6-9-12/h2-10,12H2,1H3,(H,13,14)/p+1. The van der Waals surface area contributed by atoms with Gasteiger partial charge in [0.1, 0.15) is 0 Å². The maximum Gasteiger partial charge on any atom is 0.219 e. The minimum Gasteiger partial charge on any atom is -0.358 e. The van der Waals surface area contributed by atoms with E-state index in [-0.39, 0.29) is 5.91 Å². The van der Waals surface area contributed by atoms with Crippen LogP contribution in [0.3, 0.4) is 0 Å². The van der Waals surface area contributed by atoms with Crippen LogP contribution < -0.4 is 11.1 Å². The number of quaternary nitrogens is 1. The van der Waals surface area contributed by atoms with Crippen LogP contribution in [0.1, 0.15) is 51.9 Å². The van der Waals surface area contributed by atoms with Crippen LogP contribution in [-0.4, -0.2) is 19.0 Å². The van der Waals surface area contributed by atoms with Crippen LogP contribution >= 0.6 is 0 Å². The SMILES string of the molecule is CCCCC(=O)NCCCCCC[NH3+]. The fraction of sp³-hybridized carbons (Fsp3) is 0.909. The van der Waals surface area contributed by atoms with Gasteiger partial charge in [-0.25, -0.2) is 0 Å². The minimum atomic E-state index is 0.212. The van der Waals surface area contributed by atoms with Crippen LogP contribution in [0, 0.1) is 0 Å². The van der Waals surface area contributed by atoms with E-state index < -0.39 is 0 Å². The van der Waals surface area contributed by atoms with Gasteiger partial charge in [0.25, 0.3) is 0 Å². The second kappa shape index (κ2) is 10.5. The lowest BCUT2D eigenvalue weighted by Crippen LogP contribution is -2.50. The molecule has 3 nitrogen and oxygen atoms in total. The Morgan fingerprint density at radius 2 is 1.86 bits per heavy atom. The molecule has 0 bridgehead atoms. The molecule has 4 N–H and O–H groups in total. The van der Waals surface area contributed by atoms with Crippen molar-refractivity contribution in [3.05, 3.63) is 0 Å². The van der Waals surface area contributed by atoms with Gasteiger partial charge in [0, 0.05) is 13.0 Å². The Kier molecular flexibility index (Phi) is 10.1. The average molecular weight is 201 g/mol. The molecule has 0 heterocycles. The molecule has 0 aliphatic carbocycles. The molecule has 84 valence electrons. The van der Waals surface area contributed by atoms with Gasteiger partial charge in [0.05, 0.1) is 6.54 Å². The van der Waals surface area contributed by atoms with Crippen molar-refractivity contribution in [3.63, 3.8) is 0 Å². The summed E-state index contributed by atoms with van der Waals surface area (Å²) in [5, 5.41) is 2.94. The van der Waals surface area contributed by atoms with Gasteiger partial charge in [-0.1, -0.05) is 19.8 Å². The molecule has 0 unspecified atom stereocenters. The predicted molar refractivity (Wildman–Crippen MR) is 58.8 cm³/mol. The Bertz CT molecular complexity index is 137. The fourth-order valence-corrected chi connectivity index (χ4v) is 1.31. The summed E-state index contributed by atoms with van der Waals surface area (Å²) in [4.78, 5) is 11.2. The van der Waals surface area contributed by atoms with Gasteiger partial charge >= 0.3 is 0 Å². The molecule has 0 spiro atoms. The molecule has 0 aromatic carbocycles. The van der Waals surface area contributed by atoms with Crippen LogP contribution in [-0.2, 0) is 4.79 Å². The smallest absolute Gasteiger partial charge is 0.219 e. The van der Waals surface area contributed by atoms with Crippen molar-refractivity contribution in [2.24, 2.45) is 0 Å². The van der Waals surface area contributed by atoms with Gasteiger partial charge in [-0.2, -0.15) is 0 Å². The van der Waals surface area contributed by atoms with E-state index in [1.807, 2.05) is 0 Å². The number of amides is 1. The van der Waals surface area contributed by atoms with Crippen LogP contribution in [0.2, 0.25) is 0 Å². The highest BCUT2D eigenvalue weighted by molar-refractivity contribution is 5.75. The van der Waals surface area contributed by atoms with Gasteiger partial charge < -0.3 is 11.1 Å². The number of carbonyl (C=O) groups excluding carboxylic acids is 1. The third kappa shape index (κ3) is 9.52. The monoisotopic (exact) mass is 201 g/mol. The zero-order chi connectivity index (χ0) is 10.6. The highest BCUT2D eigenvalue weighted by Gasteiger charge is 1.98. The molecule has 0 radical (unpaired) electrons. The Labute approximate surface area is 87.4 Å². The molecule has 0 atom stereocenters. The van der Waals surface area contributed by atoms with Crippen LogP contribution in [0.4, 0.5) is 0 Å². The molecule has 0 aromatic heterocycles. The number of rotatable bonds is 9. The third-order valence-electron chi connectivity index (χ3n) is 2.26. The number of carbonyl (C=O) groups is 1. The number of unbranched alkanes of at least 4 members (excludes halogenated alkanes) is 4. The molecule has 0 aliphatic rings. The van der Waals surface area contributed by atoms with Crippen LogP contribution in [0.5, 0.6) is 0 Å². The molecular weight excluding hydrogens is 176 g/mol. The molecule has 0 fully saturated rings. The maximum atomic E-state index is 11.2. The summed E-state index contributed by atoms with van der Waals surface area (Å²) in [5.41, 5.74) is 3.80. The number of hydrogen-bond acceptors (Lipinski definition) is 1. The van der Waals surface area contributed by atoms with E-state index in [9.17, 15) is 4.79 Å². The van der Waals surface area contributed by atoms with Gasteiger partial charge in [-0.3, -0.25) is 4.79 Å². The topological polar surface area (TPSA) is 56.7 Å². The van der Waals surface area contributed by atoms with E-state index in [2.05, 4.69) is 18.0 Å². The van der Waals surface area contributed by atoms with Crippen molar-refractivity contribution >= 4 is 5.91 Å². The molecule has 0 rings (SSSR count). The Hall–Kier alpha value is -0.570. The second-order valence-electron chi connectivity index (χ2n) is 3.72. The first-order valence-electron chi connectivity index (χ1n) is 5.87. The lowest BCUT2D eigenvalue weighted by atomic mass is 10.2. The highest BCUT2D eigenvalue weighted by atomic mass is 16.1. The molecule has 0 saturated carbocycles. The Morgan fingerprint density at radius 1 is 1.14 bits per heavy atom. The zero-order valence-electron chi connectivity index (χ0n) is 9.48. The van der Waals surface area contributed by atoms with E-state index >= 15 is 0 Å². The van der Waals surface area contributed by atoms with Gasteiger partial charge in [-0.15, -0.1) is 0 Å². The van der Waals surface area contributed by atoms with Crippen molar-refractivity contribution in [1.29, 1.82) is 0 Å². The highest BCUT2D eigenvalue weighted by Crippen LogP contribution is 1.97. The summed E-state index contributed by atoms with van der Waals surface area (Å²) < 4.78 is 0. The maximum absolute atomic E-state index is 11.2. The summed E-state index contributed by atoms with van der Waals surface area (Å²) >= 11 is 0. The van der Waals surface area contributed by atoms with Crippen LogP contribution in [0.15, 0.2) is 0 Å². The zero-order valence-corrected chi connectivity index (χ0v) is 9.48. The van der Waals surface area contributed by atoms with E-state index in [1.54, 1.807) is 0 Å². The third-order valence-corrected chi connectivity index (χ3v) is 2.26. The van der Waals surface area contributed by atoms with Crippen molar-refractivity contribution in [1.82, 2.24) is 5.32 Å². The lowest BCUT2D eigenvalue weighted by Gasteiger charge is -2.03. The van der Waals surface area contributed by atoms with Gasteiger partial charge in [0.15, 0.2) is 0 Å². The molecule has 3 heteroatoms. The molecule has 0 aromatic rings. The average Bonchev–Trinajstić information content (AvgIpc) is 2.20. The normalized spacial score (nSPS) is 10.1. The Balaban J connectivity index is 3.07. The molecule has 0 aliphatic heterocycles. The lowest BCUT2D eigenvalue weighted by molar-refractivity contribution is -0.368. The number of hydrogen-bond donors (Lipinski definition) is 2. The van der Waals surface area contributed by atoms with Crippen molar-refractivity contribution < 1.29 is 10.5 Å². The molecule has 1 amide bonds. The van der Waals surface area contributed by atoms with E-state index in [0.29, 0.717) is 6.42 Å². The van der Waals surface area contributed by atoms with E-state index in [0.717, 1.165) is 32.4 Å². The summed E-state index contributed by atoms with van der Waals surface area (Å²) in [7, 11) is 0. The first-order valence-corrected chi connectivity index (χ1v) is 5.87. The van der Waals surface area contributed by atoms with E-state index in [1.165, 1.54) is 19.3 Å². The second-order valence-corrected chi connectivity index (χ2v) is 3.72. The van der Waals surface area contributed by atoms with Crippen molar-refractivity contribution in [3.8, 4) is 0 Å². The summed E-state index contributed by atoms with van der Waals surface area (Å²) in [5.74, 6) is 0.212. The Morgan fingerprint density at radius 3 is 2.50 bits per heavy atom. The summed E-state index contributed by atoms with van der Waals surface area (Å²) in [6.45, 7) is 3.98.